The second kappa shape index (κ2) is 14.5. The molecule has 0 spiro atoms. The number of piperidine rings is 1. The second-order valence-corrected chi connectivity index (χ2v) is 13.0. The van der Waals surface area contributed by atoms with Gasteiger partial charge >= 0.3 is 6.03 Å². The lowest BCUT2D eigenvalue weighted by atomic mass is 10.0. The number of urea groups is 1. The molecule has 1 aliphatic heterocycles. The van der Waals surface area contributed by atoms with Crippen molar-refractivity contribution in [3.63, 3.8) is 0 Å². The van der Waals surface area contributed by atoms with Gasteiger partial charge < -0.3 is 19.9 Å². The van der Waals surface area contributed by atoms with Crippen molar-refractivity contribution in [2.24, 2.45) is 5.92 Å². The van der Waals surface area contributed by atoms with E-state index in [0.29, 0.717) is 51.3 Å². The van der Waals surface area contributed by atoms with Gasteiger partial charge in [0.05, 0.1) is 18.9 Å². The van der Waals surface area contributed by atoms with Crippen LogP contribution >= 0.6 is 0 Å². The summed E-state index contributed by atoms with van der Waals surface area (Å²) in [4.78, 5) is 30.2. The first-order valence-corrected chi connectivity index (χ1v) is 15.7. The van der Waals surface area contributed by atoms with Gasteiger partial charge in [-0.3, -0.25) is 4.79 Å². The monoisotopic (exact) mass is 572 g/mol. The Kier molecular flexibility index (Phi) is 11.4. The largest absolute Gasteiger partial charge is 0.494 e. The number of rotatable bonds is 12. The summed E-state index contributed by atoms with van der Waals surface area (Å²) in [5.74, 6) is 0.581. The minimum atomic E-state index is -3.53. The first-order chi connectivity index (χ1) is 19.0. The maximum atomic E-state index is 13.7. The molecule has 0 unspecified atom stereocenters. The van der Waals surface area contributed by atoms with Crippen LogP contribution in [0.2, 0.25) is 0 Å². The summed E-state index contributed by atoms with van der Waals surface area (Å²) in [5.41, 5.74) is 2.81. The van der Waals surface area contributed by atoms with E-state index in [9.17, 15) is 18.0 Å². The molecule has 2 aromatic carbocycles. The van der Waals surface area contributed by atoms with Crippen LogP contribution in [0.25, 0.3) is 0 Å². The molecule has 2 aromatic rings. The first kappa shape index (κ1) is 31.4. The van der Waals surface area contributed by atoms with Crippen molar-refractivity contribution in [3.05, 3.63) is 59.7 Å². The van der Waals surface area contributed by atoms with E-state index in [2.05, 4.69) is 5.32 Å². The maximum Gasteiger partial charge on any atom is 0.321 e. The summed E-state index contributed by atoms with van der Waals surface area (Å²) >= 11 is 0. The Bertz CT molecular complexity index is 1210. The Balaban J connectivity index is 1.70. The molecular weight excluding hydrogens is 528 g/mol. The number of sulfonamides is 1. The normalized spacial score (nSPS) is 14.4. The highest BCUT2D eigenvalue weighted by Gasteiger charge is 2.32. The summed E-state index contributed by atoms with van der Waals surface area (Å²) in [7, 11) is -3.53. The zero-order valence-electron chi connectivity index (χ0n) is 24.4. The number of carbonyl (C=O) groups excluding carboxylic acids is 2. The van der Waals surface area contributed by atoms with Crippen molar-refractivity contribution in [3.8, 4) is 5.75 Å². The Morgan fingerprint density at radius 3 is 2.20 bits per heavy atom. The molecule has 3 rings (SSSR count). The van der Waals surface area contributed by atoms with Gasteiger partial charge in [0, 0.05) is 37.9 Å². The highest BCUT2D eigenvalue weighted by atomic mass is 32.2. The molecular formula is C30H44N4O5S. The van der Waals surface area contributed by atoms with Gasteiger partial charge in [-0.05, 0) is 69.4 Å². The van der Waals surface area contributed by atoms with Gasteiger partial charge in [-0.15, -0.1) is 0 Å². The Hall–Kier alpha value is -3.11. The molecule has 9 nitrogen and oxygen atoms in total. The van der Waals surface area contributed by atoms with E-state index in [1.807, 2.05) is 81.1 Å². The van der Waals surface area contributed by atoms with E-state index in [1.54, 1.807) is 11.8 Å². The number of carbonyl (C=O) groups is 2. The molecule has 1 aliphatic rings. The van der Waals surface area contributed by atoms with E-state index < -0.39 is 10.0 Å². The van der Waals surface area contributed by atoms with E-state index in [-0.39, 0.29) is 36.2 Å². The van der Waals surface area contributed by atoms with E-state index in [0.717, 1.165) is 16.9 Å². The number of hydrogen-bond acceptors (Lipinski definition) is 5. The quantitative estimate of drug-likeness (QED) is 0.397. The highest BCUT2D eigenvalue weighted by molar-refractivity contribution is 7.89. The summed E-state index contributed by atoms with van der Waals surface area (Å²) in [5, 5.41) is 2.94. The smallest absolute Gasteiger partial charge is 0.321 e. The molecule has 3 amide bonds. The number of likely N-dealkylation sites (tertiary alicyclic amines) is 1. The number of amides is 3. The van der Waals surface area contributed by atoms with Crippen LogP contribution in [0.4, 0.5) is 10.5 Å². The van der Waals surface area contributed by atoms with Crippen LogP contribution in [0.3, 0.4) is 0 Å². The molecule has 0 aliphatic carbocycles. The Labute approximate surface area is 239 Å². The second-order valence-electron chi connectivity index (χ2n) is 10.7. The molecule has 220 valence electrons. The summed E-state index contributed by atoms with van der Waals surface area (Å²) in [6.45, 7) is 11.5. The topological polar surface area (TPSA) is 99.3 Å². The van der Waals surface area contributed by atoms with Gasteiger partial charge in [-0.25, -0.2) is 13.2 Å². The van der Waals surface area contributed by atoms with E-state index in [4.69, 9.17) is 4.74 Å². The minimum absolute atomic E-state index is 0.0488. The molecule has 1 heterocycles. The predicted octanol–water partition coefficient (Wildman–Crippen LogP) is 4.73. The van der Waals surface area contributed by atoms with Gasteiger partial charge in [-0.1, -0.05) is 43.7 Å². The van der Waals surface area contributed by atoms with Gasteiger partial charge in [0.2, 0.25) is 15.9 Å². The molecule has 40 heavy (non-hydrogen) atoms. The molecule has 0 saturated carbocycles. The zero-order chi connectivity index (χ0) is 29.3. The zero-order valence-corrected chi connectivity index (χ0v) is 25.2. The van der Waals surface area contributed by atoms with Crippen LogP contribution < -0.4 is 10.1 Å². The molecule has 0 radical (unpaired) electrons. The maximum absolute atomic E-state index is 13.7. The van der Waals surface area contributed by atoms with Crippen molar-refractivity contribution in [2.75, 3.05) is 43.9 Å². The molecule has 0 bridgehead atoms. The van der Waals surface area contributed by atoms with Crippen molar-refractivity contribution in [2.45, 2.75) is 60.0 Å². The molecule has 1 saturated heterocycles. The van der Waals surface area contributed by atoms with Crippen molar-refractivity contribution >= 4 is 27.6 Å². The fourth-order valence-corrected chi connectivity index (χ4v) is 6.00. The number of hydrogen-bond donors (Lipinski definition) is 1. The third-order valence-corrected chi connectivity index (χ3v) is 8.84. The SMILES string of the molecule is CCOc1ccc(NC(=O)N2CCC(N(Cc3ccc(C)cc3)C(=O)CN(CC(C)C)S(=O)(=O)CC)CC2)cc1. The van der Waals surface area contributed by atoms with Crippen LogP contribution in [-0.2, 0) is 21.4 Å². The lowest BCUT2D eigenvalue weighted by molar-refractivity contribution is -0.135. The summed E-state index contributed by atoms with van der Waals surface area (Å²) in [6, 6.07) is 15.0. The van der Waals surface area contributed by atoms with Gasteiger partial charge in [-0.2, -0.15) is 4.31 Å². The molecule has 10 heteroatoms. The van der Waals surface area contributed by atoms with E-state index >= 15 is 0 Å². The lowest BCUT2D eigenvalue weighted by Crippen LogP contribution is -2.52. The fraction of sp³-hybridized carbons (Fsp3) is 0.533. The number of anilines is 1. The molecule has 0 atom stereocenters. The van der Waals surface area contributed by atoms with Crippen LogP contribution in [0.15, 0.2) is 48.5 Å². The van der Waals surface area contributed by atoms with E-state index in [1.165, 1.54) is 4.31 Å². The third kappa shape index (κ3) is 8.96. The fourth-order valence-electron chi connectivity index (χ4n) is 4.80. The summed E-state index contributed by atoms with van der Waals surface area (Å²) in [6.07, 6.45) is 1.22. The molecule has 0 aromatic heterocycles. The van der Waals surface area contributed by atoms with Crippen molar-refractivity contribution in [1.29, 1.82) is 0 Å². The van der Waals surface area contributed by atoms with Crippen molar-refractivity contribution in [1.82, 2.24) is 14.1 Å². The third-order valence-electron chi connectivity index (χ3n) is 7.04. The van der Waals surface area contributed by atoms with Crippen molar-refractivity contribution < 1.29 is 22.7 Å². The minimum Gasteiger partial charge on any atom is -0.494 e. The Morgan fingerprint density at radius 2 is 1.65 bits per heavy atom. The van der Waals surface area contributed by atoms with Crippen LogP contribution in [0, 0.1) is 12.8 Å². The number of benzene rings is 2. The highest BCUT2D eigenvalue weighted by Crippen LogP contribution is 2.22. The van der Waals surface area contributed by atoms with Gasteiger partial charge in [0.1, 0.15) is 5.75 Å². The number of nitrogens with zero attached hydrogens (tertiary/aromatic N) is 3. The lowest BCUT2D eigenvalue weighted by Gasteiger charge is -2.39. The van der Waals surface area contributed by atoms with Crippen LogP contribution in [-0.4, -0.2) is 79.0 Å². The Morgan fingerprint density at radius 1 is 1.02 bits per heavy atom. The number of nitrogens with one attached hydrogen (secondary N) is 1. The predicted molar refractivity (Wildman–Crippen MR) is 159 cm³/mol. The standard InChI is InChI=1S/C30H44N4O5S/c1-6-39-28-14-12-26(13-15-28)31-30(36)32-18-16-27(17-19-32)34(21-25-10-8-24(5)9-11-25)29(35)22-33(20-23(3)4)40(37,38)7-2/h8-15,23,27H,6-7,16-22H2,1-5H3,(H,31,36). The number of ether oxygens (including phenoxy) is 1. The molecule has 1 fully saturated rings. The first-order valence-electron chi connectivity index (χ1n) is 14.1. The average molecular weight is 573 g/mol. The van der Waals surface area contributed by atoms with Gasteiger partial charge in [0.15, 0.2) is 0 Å². The summed E-state index contributed by atoms with van der Waals surface area (Å²) < 4.78 is 32.3. The number of aryl methyl sites for hydroxylation is 1. The van der Waals surface area contributed by atoms with Gasteiger partial charge in [0.25, 0.3) is 0 Å². The van der Waals surface area contributed by atoms with Crippen LogP contribution in [0.5, 0.6) is 5.75 Å². The molecule has 1 N–H and O–H groups in total. The van der Waals surface area contributed by atoms with Crippen LogP contribution in [0.1, 0.15) is 51.7 Å². The average Bonchev–Trinajstić information content (AvgIpc) is 2.93.